The Morgan fingerprint density at radius 1 is 1.16 bits per heavy atom. The fourth-order valence-electron chi connectivity index (χ4n) is 0.576. The summed E-state index contributed by atoms with van der Waals surface area (Å²) >= 11 is 0. The van der Waals surface area contributed by atoms with Crippen LogP contribution >= 0.6 is 0 Å². The molecule has 2 unspecified atom stereocenters. The first-order valence-electron chi connectivity index (χ1n) is 5.55. The highest BCUT2D eigenvalue weighted by molar-refractivity contribution is 7.89. The van der Waals surface area contributed by atoms with Gasteiger partial charge in [-0.05, 0) is 13.8 Å². The molecule has 0 bridgehead atoms. The summed E-state index contributed by atoms with van der Waals surface area (Å²) in [5, 5.41) is 16.2. The maximum atomic E-state index is 10.8. The van der Waals surface area contributed by atoms with Gasteiger partial charge in [-0.2, -0.15) is 10.5 Å². The van der Waals surface area contributed by atoms with E-state index in [1.54, 1.807) is 26.8 Å². The normalized spacial score (nSPS) is 12.2. The number of allylic oxidation sites excluding steroid dienone is 2. The summed E-state index contributed by atoms with van der Waals surface area (Å²) in [6, 6.07) is 3.68. The first-order chi connectivity index (χ1) is 8.98. The van der Waals surface area contributed by atoms with Gasteiger partial charge in [-0.15, -0.1) is 0 Å². The maximum Gasteiger partial charge on any atom is 0.116 e. The van der Waals surface area contributed by atoms with Crippen LogP contribution in [0.5, 0.6) is 0 Å². The predicted octanol–water partition coefficient (Wildman–Crippen LogP) is 1.67. The molecule has 0 spiro atoms. The molecule has 0 aromatic heterocycles. The minimum Gasteiger partial charge on any atom is -0.304 e. The zero-order valence-corrected chi connectivity index (χ0v) is 13.3. The van der Waals surface area contributed by atoms with Gasteiger partial charge in [-0.1, -0.05) is 19.9 Å². The second kappa shape index (κ2) is 19.0. The van der Waals surface area contributed by atoms with Crippen molar-refractivity contribution in [2.45, 2.75) is 27.7 Å². The zero-order valence-electron chi connectivity index (χ0n) is 11.7. The lowest BCUT2D eigenvalue weighted by Crippen LogP contribution is -1.95. The van der Waals surface area contributed by atoms with Crippen LogP contribution in [0.2, 0.25) is 0 Å². The topological polar surface area (TPSA) is 98.8 Å². The van der Waals surface area contributed by atoms with Gasteiger partial charge in [0.1, 0.15) is 23.0 Å². The number of hydrogen-bond acceptors (Lipinski definition) is 5. The Morgan fingerprint density at radius 3 is 1.74 bits per heavy atom. The lowest BCUT2D eigenvalue weighted by Gasteiger charge is -1.90. The van der Waals surface area contributed by atoms with Crippen LogP contribution in [0.1, 0.15) is 27.7 Å². The Labute approximate surface area is 120 Å². The molecule has 0 heterocycles. The van der Waals surface area contributed by atoms with E-state index in [2.05, 4.69) is 0 Å². The second-order valence-electron chi connectivity index (χ2n) is 2.67. The molecule has 0 aromatic rings. The largest absolute Gasteiger partial charge is 0.304 e. The summed E-state index contributed by atoms with van der Waals surface area (Å²) in [7, 11) is -1.95. The average Bonchev–Trinajstić information content (AvgIpc) is 2.41. The van der Waals surface area contributed by atoms with E-state index < -0.39 is 21.6 Å². The fraction of sp³-hybridized carbons (Fsp3) is 0.583. The summed E-state index contributed by atoms with van der Waals surface area (Å²) in [6.07, 6.45) is 2.33. The van der Waals surface area contributed by atoms with Gasteiger partial charge in [0.15, 0.2) is 0 Å². The molecular formula is C12H20N2O3S2. The van der Waals surface area contributed by atoms with Crippen LogP contribution in [-0.4, -0.2) is 32.0 Å². The van der Waals surface area contributed by atoms with E-state index in [0.717, 1.165) is 6.29 Å². The van der Waals surface area contributed by atoms with Crippen LogP contribution in [0, 0.1) is 22.7 Å². The lowest BCUT2D eigenvalue weighted by atomic mass is 10.6. The van der Waals surface area contributed by atoms with Crippen LogP contribution in [0.25, 0.3) is 0 Å². The molecule has 108 valence electrons. The Morgan fingerprint density at radius 2 is 1.63 bits per heavy atom. The molecule has 0 fully saturated rings. The van der Waals surface area contributed by atoms with E-state index in [0.29, 0.717) is 16.4 Å². The molecular weight excluding hydrogens is 284 g/mol. The van der Waals surface area contributed by atoms with Crippen molar-refractivity contribution in [2.75, 3.05) is 17.3 Å². The molecule has 0 saturated heterocycles. The fourth-order valence-corrected chi connectivity index (χ4v) is 1.60. The van der Waals surface area contributed by atoms with Gasteiger partial charge in [0.05, 0.1) is 16.9 Å². The molecule has 0 aromatic carbocycles. The van der Waals surface area contributed by atoms with Crippen LogP contribution in [0.3, 0.4) is 0 Å². The number of carbonyl (C=O) groups excluding carboxylic acids is 1. The van der Waals surface area contributed by atoms with Crippen LogP contribution in [0.15, 0.2) is 11.0 Å². The second-order valence-corrected chi connectivity index (χ2v) is 6.12. The monoisotopic (exact) mass is 304 g/mol. The van der Waals surface area contributed by atoms with Gasteiger partial charge < -0.3 is 4.79 Å². The third-order valence-corrected chi connectivity index (χ3v) is 3.86. The van der Waals surface area contributed by atoms with Crippen molar-refractivity contribution >= 4 is 27.9 Å². The molecule has 7 heteroatoms. The van der Waals surface area contributed by atoms with Gasteiger partial charge in [0, 0.05) is 22.3 Å². The molecule has 0 N–H and O–H groups in total. The summed E-state index contributed by atoms with van der Waals surface area (Å²) < 4.78 is 21.1. The van der Waals surface area contributed by atoms with Gasteiger partial charge >= 0.3 is 0 Å². The van der Waals surface area contributed by atoms with Crippen molar-refractivity contribution in [3.05, 3.63) is 11.0 Å². The van der Waals surface area contributed by atoms with E-state index in [1.165, 1.54) is 6.92 Å². The van der Waals surface area contributed by atoms with Gasteiger partial charge in [-0.3, -0.25) is 8.42 Å². The Bertz CT molecular complexity index is 393. The van der Waals surface area contributed by atoms with Gasteiger partial charge in [0.2, 0.25) is 0 Å². The number of rotatable bonds is 4. The van der Waals surface area contributed by atoms with Crippen molar-refractivity contribution < 1.29 is 13.2 Å². The molecule has 5 nitrogen and oxygen atoms in total. The van der Waals surface area contributed by atoms with Crippen molar-refractivity contribution in [3.63, 3.8) is 0 Å². The highest BCUT2D eigenvalue weighted by Gasteiger charge is 1.99. The first kappa shape index (κ1) is 22.8. The maximum absolute atomic E-state index is 10.8. The summed E-state index contributed by atoms with van der Waals surface area (Å²) in [5.74, 6) is 1.29. The average molecular weight is 304 g/mol. The molecule has 0 saturated carbocycles. The highest BCUT2D eigenvalue weighted by atomic mass is 32.2. The van der Waals surface area contributed by atoms with Crippen molar-refractivity contribution in [2.24, 2.45) is 0 Å². The van der Waals surface area contributed by atoms with Crippen LogP contribution < -0.4 is 0 Å². The SMILES string of the molecule is C/C=C(\C#N)S(=O)CC.CC=O.CCS(=O)CC#N. The molecule has 0 rings (SSSR count). The Hall–Kier alpha value is -1.31. The van der Waals surface area contributed by atoms with Crippen molar-refractivity contribution in [3.8, 4) is 12.1 Å². The number of hydrogen-bond donors (Lipinski definition) is 0. The predicted molar refractivity (Wildman–Crippen MR) is 79.0 cm³/mol. The van der Waals surface area contributed by atoms with E-state index in [1.807, 2.05) is 12.1 Å². The first-order valence-corrected chi connectivity index (χ1v) is 8.35. The number of nitriles is 2. The van der Waals surface area contributed by atoms with Crippen LogP contribution in [-0.2, 0) is 26.4 Å². The molecule has 19 heavy (non-hydrogen) atoms. The summed E-state index contributed by atoms with van der Waals surface area (Å²) in [5.41, 5.74) is 0. The van der Waals surface area contributed by atoms with E-state index in [9.17, 15) is 8.42 Å². The van der Waals surface area contributed by atoms with E-state index in [-0.39, 0.29) is 5.75 Å². The smallest absolute Gasteiger partial charge is 0.116 e. The van der Waals surface area contributed by atoms with Crippen molar-refractivity contribution in [1.82, 2.24) is 0 Å². The highest BCUT2D eigenvalue weighted by Crippen LogP contribution is 1.98. The molecule has 0 aliphatic carbocycles. The van der Waals surface area contributed by atoms with Crippen LogP contribution in [0.4, 0.5) is 0 Å². The van der Waals surface area contributed by atoms with Gasteiger partial charge in [-0.25, -0.2) is 0 Å². The van der Waals surface area contributed by atoms with E-state index >= 15 is 0 Å². The quantitative estimate of drug-likeness (QED) is 0.581. The number of nitrogens with zero attached hydrogens (tertiary/aromatic N) is 2. The van der Waals surface area contributed by atoms with E-state index in [4.69, 9.17) is 15.3 Å². The molecule has 0 aliphatic rings. The lowest BCUT2D eigenvalue weighted by molar-refractivity contribution is -0.106. The third-order valence-electron chi connectivity index (χ3n) is 1.43. The number of aldehydes is 1. The Balaban J connectivity index is -0.000000228. The third kappa shape index (κ3) is 19.2. The van der Waals surface area contributed by atoms with Gasteiger partial charge in [0.25, 0.3) is 0 Å². The zero-order chi connectivity index (χ0) is 15.7. The summed E-state index contributed by atoms with van der Waals surface area (Å²) in [6.45, 7) is 6.75. The molecule has 2 atom stereocenters. The molecule has 0 aliphatic heterocycles. The molecule has 0 radical (unpaired) electrons. The Kier molecular flexibility index (Phi) is 22.9. The molecule has 0 amide bonds. The minimum absolute atomic E-state index is 0.177. The standard InChI is InChI=1S/C6H9NOS.C4H7NOS.C2H4O/c1-3-6(5-7)9(8)4-2;1-2-7(6)4-3-5;1-2-3/h3H,4H2,1-2H3;2,4H2,1H3;2H,1H3/b6-3+;;. The number of carbonyl (C=O) groups is 1. The van der Waals surface area contributed by atoms with Crippen molar-refractivity contribution in [1.29, 1.82) is 10.5 Å². The minimum atomic E-state index is -1.06. The summed E-state index contributed by atoms with van der Waals surface area (Å²) in [4.78, 5) is 9.18.